The molecule has 2 heterocycles. The van der Waals surface area contributed by atoms with Crippen LogP contribution in [-0.4, -0.2) is 15.0 Å². The fraction of sp³-hybridized carbons (Fsp3) is 0.250. The van der Waals surface area contributed by atoms with E-state index in [1.165, 1.54) is 11.1 Å². The van der Waals surface area contributed by atoms with Crippen LogP contribution in [0.5, 0.6) is 0 Å². The highest BCUT2D eigenvalue weighted by Gasteiger charge is 2.06. The molecule has 0 saturated heterocycles. The van der Waals surface area contributed by atoms with Crippen LogP contribution in [-0.2, 0) is 12.8 Å². The highest BCUT2D eigenvalue weighted by molar-refractivity contribution is 5.79. The van der Waals surface area contributed by atoms with Crippen molar-refractivity contribution in [3.8, 4) is 0 Å². The summed E-state index contributed by atoms with van der Waals surface area (Å²) in [5.74, 6) is 1.04. The van der Waals surface area contributed by atoms with Crippen molar-refractivity contribution >= 4 is 11.0 Å². The fourth-order valence-corrected chi connectivity index (χ4v) is 2.43. The fourth-order valence-electron chi connectivity index (χ4n) is 2.43. The lowest BCUT2D eigenvalue weighted by molar-refractivity contribution is 0.861. The first kappa shape index (κ1) is 11.9. The molecule has 0 bridgehead atoms. The van der Waals surface area contributed by atoms with E-state index < -0.39 is 0 Å². The summed E-state index contributed by atoms with van der Waals surface area (Å²) in [6, 6.07) is 10.3. The van der Waals surface area contributed by atoms with Crippen molar-refractivity contribution in [2.45, 2.75) is 26.7 Å². The first-order chi connectivity index (χ1) is 9.22. The molecule has 0 atom stereocenters. The van der Waals surface area contributed by atoms with Crippen LogP contribution in [0.4, 0.5) is 0 Å². The van der Waals surface area contributed by atoms with Crippen molar-refractivity contribution in [2.24, 2.45) is 0 Å². The molecule has 1 aromatic carbocycles. The summed E-state index contributed by atoms with van der Waals surface area (Å²) in [5.41, 5.74) is 5.83. The van der Waals surface area contributed by atoms with E-state index in [1.807, 2.05) is 18.3 Å². The monoisotopic (exact) mass is 251 g/mol. The Morgan fingerprint density at radius 1 is 1.11 bits per heavy atom. The minimum atomic E-state index is 0.893. The van der Waals surface area contributed by atoms with Crippen molar-refractivity contribution in [1.82, 2.24) is 15.0 Å². The molecular weight excluding hydrogens is 234 g/mol. The molecule has 1 N–H and O–H groups in total. The maximum atomic E-state index is 4.69. The van der Waals surface area contributed by atoms with Crippen molar-refractivity contribution in [1.29, 1.82) is 0 Å². The second kappa shape index (κ2) is 4.84. The second-order valence-corrected chi connectivity index (χ2v) is 4.98. The Balaban J connectivity index is 1.84. The lowest BCUT2D eigenvalue weighted by atomic mass is 10.1. The Morgan fingerprint density at radius 2 is 2.00 bits per heavy atom. The van der Waals surface area contributed by atoms with Gasteiger partial charge in [-0.2, -0.15) is 0 Å². The number of rotatable bonds is 3. The number of aryl methyl sites for hydroxylation is 4. The van der Waals surface area contributed by atoms with Gasteiger partial charge in [-0.25, -0.2) is 4.98 Å². The molecule has 96 valence electrons. The second-order valence-electron chi connectivity index (χ2n) is 4.98. The molecule has 2 aromatic heterocycles. The molecule has 3 nitrogen and oxygen atoms in total. The van der Waals surface area contributed by atoms with Crippen LogP contribution in [0, 0.1) is 13.8 Å². The molecule has 0 aliphatic rings. The smallest absolute Gasteiger partial charge is 0.107 e. The Labute approximate surface area is 112 Å². The quantitative estimate of drug-likeness (QED) is 0.775. The zero-order chi connectivity index (χ0) is 13.2. The van der Waals surface area contributed by atoms with Crippen LogP contribution in [0.15, 0.2) is 36.5 Å². The van der Waals surface area contributed by atoms with E-state index in [1.54, 1.807) is 0 Å². The minimum absolute atomic E-state index is 0.893. The first-order valence-electron chi connectivity index (χ1n) is 6.58. The number of nitrogens with one attached hydrogen (secondary N) is 1. The predicted octanol–water partition coefficient (Wildman–Crippen LogP) is 3.36. The highest BCUT2D eigenvalue weighted by atomic mass is 14.9. The largest absolute Gasteiger partial charge is 0.342 e. The van der Waals surface area contributed by atoms with Gasteiger partial charge in [0.05, 0.1) is 11.0 Å². The molecule has 3 heteroatoms. The number of hydrogen-bond acceptors (Lipinski definition) is 2. The van der Waals surface area contributed by atoms with Gasteiger partial charge in [0.2, 0.25) is 0 Å². The molecule has 0 radical (unpaired) electrons. The summed E-state index contributed by atoms with van der Waals surface area (Å²) in [5, 5.41) is 0. The van der Waals surface area contributed by atoms with Gasteiger partial charge >= 0.3 is 0 Å². The van der Waals surface area contributed by atoms with Gasteiger partial charge in [0, 0.05) is 18.3 Å². The van der Waals surface area contributed by atoms with Crippen LogP contribution in [0.25, 0.3) is 11.0 Å². The lowest BCUT2D eigenvalue weighted by Crippen LogP contribution is -1.95. The van der Waals surface area contributed by atoms with Gasteiger partial charge in [-0.3, -0.25) is 4.98 Å². The van der Waals surface area contributed by atoms with Crippen molar-refractivity contribution < 1.29 is 0 Å². The number of imidazole rings is 1. The maximum Gasteiger partial charge on any atom is 0.107 e. The van der Waals surface area contributed by atoms with Gasteiger partial charge in [-0.15, -0.1) is 0 Å². The molecule has 0 unspecified atom stereocenters. The van der Waals surface area contributed by atoms with Crippen LogP contribution in [0.1, 0.15) is 22.6 Å². The Kier molecular flexibility index (Phi) is 3.03. The zero-order valence-corrected chi connectivity index (χ0v) is 11.3. The minimum Gasteiger partial charge on any atom is -0.342 e. The Morgan fingerprint density at radius 3 is 2.79 bits per heavy atom. The summed E-state index contributed by atoms with van der Waals surface area (Å²) in [4.78, 5) is 12.4. The average Bonchev–Trinajstić information content (AvgIpc) is 2.81. The summed E-state index contributed by atoms with van der Waals surface area (Å²) < 4.78 is 0. The third kappa shape index (κ3) is 2.50. The van der Waals surface area contributed by atoms with Gasteiger partial charge < -0.3 is 4.98 Å². The molecule has 0 aliphatic heterocycles. The Bertz CT molecular complexity index is 699. The molecule has 0 aliphatic carbocycles. The highest BCUT2D eigenvalue weighted by Crippen LogP contribution is 2.18. The molecule has 0 saturated carbocycles. The number of pyridine rings is 1. The van der Waals surface area contributed by atoms with Crippen molar-refractivity contribution in [3.05, 3.63) is 59.2 Å². The summed E-state index contributed by atoms with van der Waals surface area (Å²) in [7, 11) is 0. The van der Waals surface area contributed by atoms with E-state index >= 15 is 0 Å². The van der Waals surface area contributed by atoms with Gasteiger partial charge in [-0.1, -0.05) is 12.1 Å². The number of H-pyrrole nitrogens is 1. The number of benzene rings is 1. The van der Waals surface area contributed by atoms with E-state index in [0.717, 1.165) is 35.4 Å². The van der Waals surface area contributed by atoms with Crippen molar-refractivity contribution in [2.75, 3.05) is 0 Å². The third-order valence-corrected chi connectivity index (χ3v) is 3.31. The molecule has 0 spiro atoms. The summed E-state index contributed by atoms with van der Waals surface area (Å²) >= 11 is 0. The van der Waals surface area contributed by atoms with E-state index in [9.17, 15) is 0 Å². The molecule has 0 amide bonds. The summed E-state index contributed by atoms with van der Waals surface area (Å²) in [6.07, 6.45) is 3.64. The van der Waals surface area contributed by atoms with Crippen LogP contribution >= 0.6 is 0 Å². The number of aromatic amines is 1. The zero-order valence-electron chi connectivity index (χ0n) is 11.3. The van der Waals surface area contributed by atoms with E-state index in [4.69, 9.17) is 0 Å². The van der Waals surface area contributed by atoms with Crippen LogP contribution < -0.4 is 0 Å². The van der Waals surface area contributed by atoms with Crippen molar-refractivity contribution in [3.63, 3.8) is 0 Å². The van der Waals surface area contributed by atoms with E-state index in [2.05, 4.69) is 47.0 Å². The SMILES string of the molecule is Cc1cc(C)c2nc(CCc3ccccn3)[nH]c2c1. The van der Waals surface area contributed by atoms with Gasteiger partial charge in [0.25, 0.3) is 0 Å². The van der Waals surface area contributed by atoms with Crippen LogP contribution in [0.2, 0.25) is 0 Å². The number of aromatic nitrogens is 3. The van der Waals surface area contributed by atoms with E-state index in [-0.39, 0.29) is 0 Å². The maximum absolute atomic E-state index is 4.69. The number of nitrogens with zero attached hydrogens (tertiary/aromatic N) is 2. The van der Waals surface area contributed by atoms with Gasteiger partial charge in [0.1, 0.15) is 5.82 Å². The average molecular weight is 251 g/mol. The standard InChI is InChI=1S/C16H17N3/c1-11-9-12(2)16-14(10-11)18-15(19-16)7-6-13-5-3-4-8-17-13/h3-5,8-10H,6-7H2,1-2H3,(H,18,19). The van der Waals surface area contributed by atoms with Gasteiger partial charge in [0.15, 0.2) is 0 Å². The van der Waals surface area contributed by atoms with Crippen LogP contribution in [0.3, 0.4) is 0 Å². The molecule has 3 aromatic rings. The molecule has 19 heavy (non-hydrogen) atoms. The number of fused-ring (bicyclic) bond motifs is 1. The van der Waals surface area contributed by atoms with Gasteiger partial charge in [-0.05, 0) is 49.6 Å². The Hall–Kier alpha value is -2.16. The van der Waals surface area contributed by atoms with E-state index in [0.29, 0.717) is 0 Å². The topological polar surface area (TPSA) is 41.6 Å². The third-order valence-electron chi connectivity index (χ3n) is 3.31. The predicted molar refractivity (Wildman–Crippen MR) is 77.2 cm³/mol. The summed E-state index contributed by atoms with van der Waals surface area (Å²) in [6.45, 7) is 4.22. The first-order valence-corrected chi connectivity index (χ1v) is 6.58. The molecule has 0 fully saturated rings. The normalized spacial score (nSPS) is 11.1. The number of hydrogen-bond donors (Lipinski definition) is 1. The molecular formula is C16H17N3. The lowest BCUT2D eigenvalue weighted by Gasteiger charge is -1.96. The molecule has 3 rings (SSSR count).